The van der Waals surface area contributed by atoms with Crippen LogP contribution in [0.4, 0.5) is 9.18 Å². The summed E-state index contributed by atoms with van der Waals surface area (Å²) >= 11 is 0. The standard InChI is InChI=1S/C28H34FN5O3/c1-6-33-14-18(13-31-33)16-7-8-17(21(29)10-16)9-19(12-30)32-26(35)25-20-11-22(24-15(2)23(20)24)34(25)27(36)37-28(3,4)5/h7-8,10,13-15,19-20,22-25H,6,9,11H2,1-5H3,(H,32,35). The van der Waals surface area contributed by atoms with Gasteiger partial charge >= 0.3 is 6.09 Å². The Morgan fingerprint density at radius 2 is 2.05 bits per heavy atom. The molecule has 2 aliphatic carbocycles. The molecule has 1 aromatic heterocycles. The lowest BCUT2D eigenvalue weighted by Gasteiger charge is -2.35. The molecule has 2 aromatic rings. The second kappa shape index (κ2) is 9.16. The molecule has 1 aromatic carbocycles. The van der Waals surface area contributed by atoms with E-state index in [1.807, 2.05) is 13.1 Å². The highest BCUT2D eigenvalue weighted by Crippen LogP contribution is 2.67. The number of ether oxygens (including phenoxy) is 1. The monoisotopic (exact) mass is 507 g/mol. The first-order valence-corrected chi connectivity index (χ1v) is 13.0. The van der Waals surface area contributed by atoms with Crippen LogP contribution in [0, 0.1) is 40.8 Å². The van der Waals surface area contributed by atoms with Crippen molar-refractivity contribution in [2.24, 2.45) is 23.7 Å². The molecule has 2 amide bonds. The molecule has 1 saturated heterocycles. The minimum Gasteiger partial charge on any atom is -0.444 e. The van der Waals surface area contributed by atoms with Gasteiger partial charge in [-0.05, 0) is 75.0 Å². The van der Waals surface area contributed by atoms with Gasteiger partial charge < -0.3 is 10.1 Å². The largest absolute Gasteiger partial charge is 0.444 e. The summed E-state index contributed by atoms with van der Waals surface area (Å²) in [6.45, 7) is 10.3. The molecule has 2 heterocycles. The number of amides is 2. The number of aromatic nitrogens is 2. The number of benzene rings is 1. The highest BCUT2D eigenvalue weighted by molar-refractivity contribution is 5.88. The molecule has 3 fully saturated rings. The molecule has 0 radical (unpaired) electrons. The Morgan fingerprint density at radius 1 is 1.30 bits per heavy atom. The fourth-order valence-electron chi connectivity index (χ4n) is 6.52. The quantitative estimate of drug-likeness (QED) is 0.633. The van der Waals surface area contributed by atoms with E-state index in [2.05, 4.69) is 23.4 Å². The van der Waals surface area contributed by atoms with Crippen molar-refractivity contribution in [3.63, 3.8) is 0 Å². The number of nitrogens with one attached hydrogen (secondary N) is 1. The fourth-order valence-corrected chi connectivity index (χ4v) is 6.52. The highest BCUT2D eigenvalue weighted by atomic mass is 19.1. The number of nitriles is 1. The third kappa shape index (κ3) is 4.58. The zero-order valence-electron chi connectivity index (χ0n) is 21.9. The highest BCUT2D eigenvalue weighted by Gasteiger charge is 2.71. The van der Waals surface area contributed by atoms with Crippen molar-refractivity contribution in [3.05, 3.63) is 42.0 Å². The van der Waals surface area contributed by atoms with Crippen molar-refractivity contribution in [3.8, 4) is 17.2 Å². The van der Waals surface area contributed by atoms with Crippen LogP contribution in [-0.4, -0.2) is 50.4 Å². The number of halogens is 1. The van der Waals surface area contributed by atoms with E-state index in [-0.39, 0.29) is 24.3 Å². The number of hydrogen-bond acceptors (Lipinski definition) is 5. The number of nitrogens with zero attached hydrogens (tertiary/aromatic N) is 4. The molecule has 9 heteroatoms. The Morgan fingerprint density at radius 3 is 2.68 bits per heavy atom. The van der Waals surface area contributed by atoms with Crippen molar-refractivity contribution < 1.29 is 18.7 Å². The van der Waals surface area contributed by atoms with E-state index in [9.17, 15) is 19.2 Å². The van der Waals surface area contributed by atoms with Gasteiger partial charge in [0.1, 0.15) is 23.5 Å². The van der Waals surface area contributed by atoms with Crippen molar-refractivity contribution in [2.75, 3.05) is 0 Å². The zero-order chi connectivity index (χ0) is 26.6. The van der Waals surface area contributed by atoms with Crippen LogP contribution in [-0.2, 0) is 22.5 Å². The van der Waals surface area contributed by atoms with Gasteiger partial charge in [0, 0.05) is 30.8 Å². The molecular weight excluding hydrogens is 473 g/mol. The lowest BCUT2D eigenvalue weighted by molar-refractivity contribution is -0.128. The topological polar surface area (TPSA) is 100 Å². The molecule has 37 heavy (non-hydrogen) atoms. The molecule has 1 aliphatic heterocycles. The van der Waals surface area contributed by atoms with E-state index in [0.29, 0.717) is 28.9 Å². The molecular formula is C28H34FN5O3. The number of fused-ring (bicyclic) bond motifs is 5. The lowest BCUT2D eigenvalue weighted by atomic mass is 9.94. The van der Waals surface area contributed by atoms with Crippen LogP contribution in [0.15, 0.2) is 30.6 Å². The van der Waals surface area contributed by atoms with E-state index >= 15 is 0 Å². The van der Waals surface area contributed by atoms with Crippen LogP contribution >= 0.6 is 0 Å². The first-order valence-electron chi connectivity index (χ1n) is 13.0. The van der Waals surface area contributed by atoms with Gasteiger partial charge in [-0.25, -0.2) is 9.18 Å². The fraction of sp³-hybridized carbons (Fsp3) is 0.571. The van der Waals surface area contributed by atoms with E-state index in [1.54, 1.807) is 48.7 Å². The summed E-state index contributed by atoms with van der Waals surface area (Å²) < 4.78 is 22.4. The minimum atomic E-state index is -0.928. The molecule has 2 bridgehead atoms. The number of carbonyl (C=O) groups excluding carboxylic acids is 2. The first-order chi connectivity index (χ1) is 17.5. The Hall–Kier alpha value is -3.41. The van der Waals surface area contributed by atoms with Gasteiger partial charge in [0.05, 0.1) is 12.3 Å². The van der Waals surface area contributed by atoms with E-state index < -0.39 is 29.6 Å². The van der Waals surface area contributed by atoms with Crippen LogP contribution in [0.25, 0.3) is 11.1 Å². The molecule has 2 saturated carbocycles. The molecule has 3 aliphatic rings. The number of carbonyl (C=O) groups is 2. The van der Waals surface area contributed by atoms with Crippen molar-refractivity contribution in [1.82, 2.24) is 20.0 Å². The Balaban J connectivity index is 1.30. The number of hydrogen-bond donors (Lipinski definition) is 1. The molecule has 0 spiro atoms. The third-order valence-electron chi connectivity index (χ3n) is 8.15. The average Bonchev–Trinajstić information content (AvgIpc) is 3.24. The normalized spacial score (nSPS) is 28.4. The maximum atomic E-state index is 15.0. The number of piperidine rings is 1. The Kier molecular flexibility index (Phi) is 6.25. The third-order valence-corrected chi connectivity index (χ3v) is 8.15. The van der Waals surface area contributed by atoms with Crippen molar-refractivity contribution >= 4 is 12.0 Å². The van der Waals surface area contributed by atoms with Gasteiger partial charge in [0.15, 0.2) is 0 Å². The molecule has 5 rings (SSSR count). The zero-order valence-corrected chi connectivity index (χ0v) is 21.9. The number of likely N-dealkylation sites (tertiary alicyclic amines) is 1. The number of aryl methyl sites for hydroxylation is 1. The van der Waals surface area contributed by atoms with Crippen LogP contribution in [0.5, 0.6) is 0 Å². The maximum Gasteiger partial charge on any atom is 0.411 e. The summed E-state index contributed by atoms with van der Waals surface area (Å²) in [6, 6.07) is 5.34. The summed E-state index contributed by atoms with van der Waals surface area (Å²) in [5.41, 5.74) is 1.17. The second-order valence-corrected chi connectivity index (χ2v) is 11.6. The van der Waals surface area contributed by atoms with E-state index in [4.69, 9.17) is 4.74 Å². The molecule has 196 valence electrons. The van der Waals surface area contributed by atoms with Gasteiger partial charge in [-0.2, -0.15) is 10.4 Å². The predicted octanol–water partition coefficient (Wildman–Crippen LogP) is 4.15. The molecule has 1 N–H and O–H groups in total. The maximum absolute atomic E-state index is 15.0. The van der Waals surface area contributed by atoms with Crippen molar-refractivity contribution in [1.29, 1.82) is 5.26 Å². The minimum absolute atomic E-state index is 0.0156. The smallest absolute Gasteiger partial charge is 0.411 e. The summed E-state index contributed by atoms with van der Waals surface area (Å²) in [4.78, 5) is 28.2. The summed E-state index contributed by atoms with van der Waals surface area (Å²) in [5, 5.41) is 16.8. The summed E-state index contributed by atoms with van der Waals surface area (Å²) in [7, 11) is 0. The molecule has 7 unspecified atom stereocenters. The van der Waals surface area contributed by atoms with Crippen molar-refractivity contribution in [2.45, 2.75) is 77.7 Å². The van der Waals surface area contributed by atoms with E-state index in [0.717, 1.165) is 18.5 Å². The van der Waals surface area contributed by atoms with Gasteiger partial charge in [0.2, 0.25) is 5.91 Å². The Bertz CT molecular complexity index is 1260. The van der Waals surface area contributed by atoms with Gasteiger partial charge in [-0.1, -0.05) is 19.1 Å². The Labute approximate surface area is 216 Å². The first kappa shape index (κ1) is 25.2. The summed E-state index contributed by atoms with van der Waals surface area (Å²) in [6.07, 6.45) is 3.85. The summed E-state index contributed by atoms with van der Waals surface area (Å²) in [5.74, 6) is 0.535. The average molecular weight is 508 g/mol. The predicted molar refractivity (Wildman–Crippen MR) is 134 cm³/mol. The second-order valence-electron chi connectivity index (χ2n) is 11.6. The molecule has 7 atom stereocenters. The number of rotatable bonds is 6. The molecule has 8 nitrogen and oxygen atoms in total. The van der Waals surface area contributed by atoms with Crippen LogP contribution in [0.1, 0.15) is 46.6 Å². The van der Waals surface area contributed by atoms with Crippen LogP contribution < -0.4 is 5.32 Å². The van der Waals surface area contributed by atoms with Crippen LogP contribution in [0.3, 0.4) is 0 Å². The van der Waals surface area contributed by atoms with Crippen LogP contribution in [0.2, 0.25) is 0 Å². The van der Waals surface area contributed by atoms with Gasteiger partial charge in [0.25, 0.3) is 0 Å². The van der Waals surface area contributed by atoms with Gasteiger partial charge in [-0.15, -0.1) is 0 Å². The lowest BCUT2D eigenvalue weighted by Crippen LogP contribution is -2.56. The SMILES string of the molecule is CCn1cc(-c2ccc(CC(C#N)NC(=O)C3C4CC(C5C(C)C45)N3C(=O)OC(C)(C)C)c(F)c2)cn1. The van der Waals surface area contributed by atoms with Gasteiger partial charge in [-0.3, -0.25) is 14.4 Å². The van der Waals surface area contributed by atoms with E-state index in [1.165, 1.54) is 6.07 Å².